The van der Waals surface area contributed by atoms with Gasteiger partial charge in [0.2, 0.25) is 0 Å². The second-order valence-electron chi connectivity index (χ2n) is 4.75. The molecule has 3 aromatic rings. The monoisotopic (exact) mass is 285 g/mol. The Hall–Kier alpha value is -2.37. The van der Waals surface area contributed by atoms with Crippen LogP contribution < -0.4 is 11.3 Å². The molecule has 3 rings (SSSR count). The van der Waals surface area contributed by atoms with E-state index in [1.807, 2.05) is 24.3 Å². The number of halogens is 2. The first-order valence-electron chi connectivity index (χ1n) is 6.44. The largest absolute Gasteiger partial charge is 0.271 e. The van der Waals surface area contributed by atoms with Crippen molar-refractivity contribution in [3.8, 4) is 0 Å². The summed E-state index contributed by atoms with van der Waals surface area (Å²) in [6.07, 6.45) is 3.41. The minimum absolute atomic E-state index is 0.430. The average Bonchev–Trinajstić information content (AvgIpc) is 2.47. The van der Waals surface area contributed by atoms with Crippen molar-refractivity contribution in [3.05, 3.63) is 77.6 Å². The van der Waals surface area contributed by atoms with E-state index in [0.29, 0.717) is 5.56 Å². The van der Waals surface area contributed by atoms with E-state index in [0.717, 1.165) is 22.4 Å². The van der Waals surface area contributed by atoms with Crippen molar-refractivity contribution in [2.45, 2.75) is 6.04 Å². The maximum absolute atomic E-state index is 13.4. The van der Waals surface area contributed by atoms with E-state index in [-0.39, 0.29) is 0 Å². The number of rotatable bonds is 3. The molecule has 106 valence electrons. The first-order chi connectivity index (χ1) is 10.2. The molecular formula is C16H13F2N3. The second kappa shape index (κ2) is 5.55. The molecule has 3 nitrogen and oxygen atoms in total. The van der Waals surface area contributed by atoms with Gasteiger partial charge in [-0.15, -0.1) is 0 Å². The first kappa shape index (κ1) is 13.6. The standard InChI is InChI=1S/C16H13F2N3/c17-12-6-11(7-13(18)8-12)16(21-19)15-3-1-2-10-9-20-5-4-14(10)15/h1-9,16,21H,19H2. The Morgan fingerprint density at radius 3 is 2.52 bits per heavy atom. The van der Waals surface area contributed by atoms with Crippen LogP contribution in [-0.2, 0) is 0 Å². The molecule has 2 aromatic carbocycles. The summed E-state index contributed by atoms with van der Waals surface area (Å²) in [5.74, 6) is 4.35. The van der Waals surface area contributed by atoms with Crippen molar-refractivity contribution in [1.82, 2.24) is 10.4 Å². The normalized spacial score (nSPS) is 12.5. The zero-order chi connectivity index (χ0) is 14.8. The van der Waals surface area contributed by atoms with Crippen molar-refractivity contribution >= 4 is 10.8 Å². The van der Waals surface area contributed by atoms with Gasteiger partial charge in [0, 0.05) is 23.8 Å². The number of hydrogen-bond acceptors (Lipinski definition) is 3. The van der Waals surface area contributed by atoms with E-state index in [4.69, 9.17) is 5.84 Å². The number of nitrogens with one attached hydrogen (secondary N) is 1. The smallest absolute Gasteiger partial charge is 0.126 e. The van der Waals surface area contributed by atoms with E-state index < -0.39 is 17.7 Å². The van der Waals surface area contributed by atoms with Crippen molar-refractivity contribution in [2.24, 2.45) is 5.84 Å². The Morgan fingerprint density at radius 2 is 1.81 bits per heavy atom. The lowest BCUT2D eigenvalue weighted by atomic mass is 9.95. The van der Waals surface area contributed by atoms with E-state index >= 15 is 0 Å². The summed E-state index contributed by atoms with van der Waals surface area (Å²) in [7, 11) is 0. The fourth-order valence-corrected chi connectivity index (χ4v) is 2.51. The summed E-state index contributed by atoms with van der Waals surface area (Å²) in [5.41, 5.74) is 3.89. The molecule has 0 bridgehead atoms. The summed E-state index contributed by atoms with van der Waals surface area (Å²) in [5, 5.41) is 1.87. The zero-order valence-corrected chi connectivity index (χ0v) is 11.1. The molecule has 1 heterocycles. The zero-order valence-electron chi connectivity index (χ0n) is 11.1. The van der Waals surface area contributed by atoms with Crippen LogP contribution in [0.15, 0.2) is 54.9 Å². The highest BCUT2D eigenvalue weighted by Gasteiger charge is 2.16. The fraction of sp³-hybridized carbons (Fsp3) is 0.0625. The molecule has 0 amide bonds. The van der Waals surface area contributed by atoms with Gasteiger partial charge in [0.05, 0.1) is 6.04 Å². The first-order valence-corrected chi connectivity index (χ1v) is 6.44. The fourth-order valence-electron chi connectivity index (χ4n) is 2.51. The molecular weight excluding hydrogens is 272 g/mol. The summed E-state index contributed by atoms with van der Waals surface area (Å²) in [4.78, 5) is 4.07. The van der Waals surface area contributed by atoms with Gasteiger partial charge in [0.1, 0.15) is 11.6 Å². The quantitative estimate of drug-likeness (QED) is 0.574. The third-order valence-electron chi connectivity index (χ3n) is 3.41. The Balaban J connectivity index is 2.18. The lowest BCUT2D eigenvalue weighted by Crippen LogP contribution is -2.29. The number of pyridine rings is 1. The number of fused-ring (bicyclic) bond motifs is 1. The SMILES string of the molecule is NNC(c1cc(F)cc(F)c1)c1cccc2cnccc12. The van der Waals surface area contributed by atoms with E-state index in [2.05, 4.69) is 10.4 Å². The molecule has 1 atom stereocenters. The van der Waals surface area contributed by atoms with Gasteiger partial charge in [-0.25, -0.2) is 14.2 Å². The van der Waals surface area contributed by atoms with Crippen molar-refractivity contribution in [1.29, 1.82) is 0 Å². The Bertz CT molecular complexity index is 764. The third kappa shape index (κ3) is 2.61. The summed E-state index contributed by atoms with van der Waals surface area (Å²) < 4.78 is 26.9. The van der Waals surface area contributed by atoms with Crippen molar-refractivity contribution < 1.29 is 8.78 Å². The van der Waals surface area contributed by atoms with E-state index in [1.165, 1.54) is 12.1 Å². The Morgan fingerprint density at radius 1 is 1.05 bits per heavy atom. The van der Waals surface area contributed by atoms with Crippen LogP contribution >= 0.6 is 0 Å². The summed E-state index contributed by atoms with van der Waals surface area (Å²) in [6, 6.07) is 10.4. The molecule has 0 saturated carbocycles. The summed E-state index contributed by atoms with van der Waals surface area (Å²) in [6.45, 7) is 0. The van der Waals surface area contributed by atoms with Gasteiger partial charge in [-0.1, -0.05) is 18.2 Å². The van der Waals surface area contributed by atoms with Crippen LogP contribution in [0.25, 0.3) is 10.8 Å². The van der Waals surface area contributed by atoms with E-state index in [9.17, 15) is 8.78 Å². The maximum atomic E-state index is 13.4. The average molecular weight is 285 g/mol. The Labute approximate surface area is 120 Å². The molecule has 0 aliphatic carbocycles. The molecule has 5 heteroatoms. The van der Waals surface area contributed by atoms with Crippen LogP contribution in [0.1, 0.15) is 17.2 Å². The van der Waals surface area contributed by atoms with Gasteiger partial charge in [0.15, 0.2) is 0 Å². The van der Waals surface area contributed by atoms with Gasteiger partial charge < -0.3 is 0 Å². The number of nitrogens with two attached hydrogens (primary N) is 1. The van der Waals surface area contributed by atoms with Crippen molar-refractivity contribution in [2.75, 3.05) is 0 Å². The van der Waals surface area contributed by atoms with Crippen LogP contribution in [0.5, 0.6) is 0 Å². The number of aromatic nitrogens is 1. The highest BCUT2D eigenvalue weighted by Crippen LogP contribution is 2.28. The predicted octanol–water partition coefficient (Wildman–Crippen LogP) is 3.07. The molecule has 21 heavy (non-hydrogen) atoms. The number of benzene rings is 2. The lowest BCUT2D eigenvalue weighted by molar-refractivity contribution is 0.567. The molecule has 0 aliphatic heterocycles. The number of nitrogens with zero attached hydrogens (tertiary/aromatic N) is 1. The highest BCUT2D eigenvalue weighted by atomic mass is 19.1. The molecule has 0 saturated heterocycles. The van der Waals surface area contributed by atoms with E-state index in [1.54, 1.807) is 12.4 Å². The van der Waals surface area contributed by atoms with Crippen LogP contribution in [-0.4, -0.2) is 4.98 Å². The molecule has 1 aromatic heterocycles. The van der Waals surface area contributed by atoms with Gasteiger partial charge in [-0.05, 0) is 34.7 Å². The number of hydrogen-bond donors (Lipinski definition) is 2. The van der Waals surface area contributed by atoms with Crippen LogP contribution in [0.4, 0.5) is 8.78 Å². The van der Waals surface area contributed by atoms with Crippen molar-refractivity contribution in [3.63, 3.8) is 0 Å². The molecule has 0 spiro atoms. The minimum atomic E-state index is -0.632. The topological polar surface area (TPSA) is 50.9 Å². The van der Waals surface area contributed by atoms with Gasteiger partial charge in [0.25, 0.3) is 0 Å². The summed E-state index contributed by atoms with van der Waals surface area (Å²) >= 11 is 0. The minimum Gasteiger partial charge on any atom is -0.271 e. The highest BCUT2D eigenvalue weighted by molar-refractivity contribution is 5.85. The molecule has 0 fully saturated rings. The lowest BCUT2D eigenvalue weighted by Gasteiger charge is -2.19. The van der Waals surface area contributed by atoms with Gasteiger partial charge in [-0.2, -0.15) is 0 Å². The molecule has 0 radical (unpaired) electrons. The predicted molar refractivity (Wildman–Crippen MR) is 77.3 cm³/mol. The van der Waals surface area contributed by atoms with Crippen LogP contribution in [0.3, 0.4) is 0 Å². The van der Waals surface area contributed by atoms with Gasteiger partial charge in [-0.3, -0.25) is 10.8 Å². The molecule has 3 N–H and O–H groups in total. The molecule has 1 unspecified atom stereocenters. The van der Waals surface area contributed by atoms with Gasteiger partial charge >= 0.3 is 0 Å². The second-order valence-corrected chi connectivity index (χ2v) is 4.75. The third-order valence-corrected chi connectivity index (χ3v) is 3.41. The maximum Gasteiger partial charge on any atom is 0.126 e. The van der Waals surface area contributed by atoms with Crippen LogP contribution in [0.2, 0.25) is 0 Å². The Kier molecular flexibility index (Phi) is 3.60. The van der Waals surface area contributed by atoms with Crippen LogP contribution in [0, 0.1) is 11.6 Å². The number of hydrazine groups is 1. The molecule has 0 aliphatic rings.